The number of rotatable bonds is 13. The number of carbonyl (C=O) groups excluding carboxylic acids is 4. The van der Waals surface area contributed by atoms with Crippen LogP contribution in [0.25, 0.3) is 0 Å². The Morgan fingerprint density at radius 3 is 2.00 bits per heavy atom. The van der Waals surface area contributed by atoms with Crippen LogP contribution in [0.4, 0.5) is 0 Å². The maximum absolute atomic E-state index is 12.8. The largest absolute Gasteiger partial charge is 0.480 e. The maximum atomic E-state index is 12.8. The number of thiol groups is 1. The average molecular weight is 482 g/mol. The summed E-state index contributed by atoms with van der Waals surface area (Å²) in [4.78, 5) is 60.0. The number of amides is 4. The molecule has 0 spiro atoms. The van der Waals surface area contributed by atoms with Crippen LogP contribution in [0.2, 0.25) is 0 Å². The average Bonchev–Trinajstić information content (AvgIpc) is 2.74. The Morgan fingerprint density at radius 1 is 0.939 bits per heavy atom. The molecule has 0 aromatic heterocycles. The van der Waals surface area contributed by atoms with Gasteiger partial charge in [-0.05, 0) is 17.9 Å². The molecule has 0 saturated heterocycles. The van der Waals surface area contributed by atoms with Crippen molar-refractivity contribution < 1.29 is 29.1 Å². The van der Waals surface area contributed by atoms with Gasteiger partial charge in [0.25, 0.3) is 0 Å². The fourth-order valence-electron chi connectivity index (χ4n) is 2.89. The van der Waals surface area contributed by atoms with Gasteiger partial charge in [0.05, 0.1) is 12.5 Å². The Kier molecular flexibility index (Phi) is 11.4. The lowest BCUT2D eigenvalue weighted by Crippen LogP contribution is -2.59. The number of primary amides is 1. The summed E-state index contributed by atoms with van der Waals surface area (Å²) >= 11 is 4.03. The van der Waals surface area contributed by atoms with Crippen LogP contribution < -0.4 is 27.4 Å². The molecule has 4 unspecified atom stereocenters. The molecule has 11 nitrogen and oxygen atoms in total. The second kappa shape index (κ2) is 13.4. The van der Waals surface area contributed by atoms with Gasteiger partial charge in [-0.2, -0.15) is 12.6 Å². The van der Waals surface area contributed by atoms with Gasteiger partial charge >= 0.3 is 5.97 Å². The van der Waals surface area contributed by atoms with Crippen molar-refractivity contribution in [3.63, 3.8) is 0 Å². The van der Waals surface area contributed by atoms with Gasteiger partial charge in [0, 0.05) is 5.75 Å². The van der Waals surface area contributed by atoms with Crippen LogP contribution in [0.15, 0.2) is 30.3 Å². The van der Waals surface area contributed by atoms with Gasteiger partial charge in [-0.1, -0.05) is 44.2 Å². The van der Waals surface area contributed by atoms with Crippen molar-refractivity contribution in [2.24, 2.45) is 17.4 Å². The first-order valence-corrected chi connectivity index (χ1v) is 10.9. The van der Waals surface area contributed by atoms with E-state index in [9.17, 15) is 24.0 Å². The Bertz CT molecular complexity index is 851. The number of aliphatic carboxylic acids is 1. The highest BCUT2D eigenvalue weighted by Gasteiger charge is 2.31. The fraction of sp³-hybridized carbons (Fsp3) is 0.476. The van der Waals surface area contributed by atoms with Crippen LogP contribution in [-0.2, 0) is 30.4 Å². The van der Waals surface area contributed by atoms with E-state index in [-0.39, 0.29) is 18.1 Å². The van der Waals surface area contributed by atoms with Gasteiger partial charge in [0.15, 0.2) is 0 Å². The summed E-state index contributed by atoms with van der Waals surface area (Å²) in [5, 5.41) is 16.3. The smallest absolute Gasteiger partial charge is 0.326 e. The Morgan fingerprint density at radius 2 is 1.52 bits per heavy atom. The van der Waals surface area contributed by atoms with Crippen LogP contribution in [0.5, 0.6) is 0 Å². The molecule has 8 N–H and O–H groups in total. The molecule has 0 heterocycles. The van der Waals surface area contributed by atoms with Gasteiger partial charge in [-0.25, -0.2) is 4.79 Å². The molecule has 1 aromatic carbocycles. The normalized spacial score (nSPS) is 14.5. The highest BCUT2D eigenvalue weighted by Crippen LogP contribution is 2.06. The third-order valence-corrected chi connectivity index (χ3v) is 5.08. The molecule has 4 atom stereocenters. The molecule has 0 aliphatic rings. The molecule has 0 bridgehead atoms. The predicted molar refractivity (Wildman–Crippen MR) is 124 cm³/mol. The van der Waals surface area contributed by atoms with E-state index in [4.69, 9.17) is 16.6 Å². The summed E-state index contributed by atoms with van der Waals surface area (Å²) in [6, 6.07) is 4.49. The minimum atomic E-state index is -1.55. The first-order valence-electron chi connectivity index (χ1n) is 10.3. The van der Waals surface area contributed by atoms with E-state index in [2.05, 4.69) is 28.6 Å². The lowest BCUT2D eigenvalue weighted by molar-refractivity contribution is -0.143. The van der Waals surface area contributed by atoms with Crippen LogP contribution in [0.1, 0.15) is 25.8 Å². The lowest BCUT2D eigenvalue weighted by Gasteiger charge is -2.26. The third kappa shape index (κ3) is 9.49. The van der Waals surface area contributed by atoms with Crippen molar-refractivity contribution in [2.45, 2.75) is 50.9 Å². The molecule has 4 amide bonds. The van der Waals surface area contributed by atoms with Crippen molar-refractivity contribution in [3.05, 3.63) is 35.9 Å². The number of hydrogen-bond acceptors (Lipinski definition) is 7. The van der Waals surface area contributed by atoms with Crippen molar-refractivity contribution in [1.29, 1.82) is 0 Å². The Labute approximate surface area is 197 Å². The fourth-order valence-corrected chi connectivity index (χ4v) is 3.14. The molecule has 0 radical (unpaired) electrons. The van der Waals surface area contributed by atoms with Crippen molar-refractivity contribution in [2.75, 3.05) is 5.75 Å². The van der Waals surface area contributed by atoms with E-state index in [1.54, 1.807) is 13.8 Å². The molecule has 0 fully saturated rings. The molecule has 1 aromatic rings. The maximum Gasteiger partial charge on any atom is 0.326 e. The molecule has 0 aliphatic heterocycles. The van der Waals surface area contributed by atoms with E-state index in [0.717, 1.165) is 5.56 Å². The van der Waals surface area contributed by atoms with Gasteiger partial charge in [0.1, 0.15) is 18.1 Å². The minimum Gasteiger partial charge on any atom is -0.480 e. The molecule has 0 aliphatic carbocycles. The number of carbonyl (C=O) groups is 5. The highest BCUT2D eigenvalue weighted by molar-refractivity contribution is 7.80. The van der Waals surface area contributed by atoms with Crippen molar-refractivity contribution in [3.8, 4) is 0 Å². The van der Waals surface area contributed by atoms with Gasteiger partial charge < -0.3 is 32.5 Å². The minimum absolute atomic E-state index is 0.160. The summed E-state index contributed by atoms with van der Waals surface area (Å²) < 4.78 is 0. The second-order valence-electron chi connectivity index (χ2n) is 7.84. The van der Waals surface area contributed by atoms with Crippen molar-refractivity contribution >= 4 is 42.2 Å². The molecule has 12 heteroatoms. The van der Waals surface area contributed by atoms with Crippen LogP contribution >= 0.6 is 12.6 Å². The number of carboxylic acid groups (broad SMARTS) is 1. The number of hydrogen-bond donors (Lipinski definition) is 7. The first-order chi connectivity index (χ1) is 15.5. The summed E-state index contributed by atoms with van der Waals surface area (Å²) in [5.74, 6) is -4.93. The number of carboxylic acids is 1. The van der Waals surface area contributed by atoms with Crippen molar-refractivity contribution in [1.82, 2.24) is 16.0 Å². The zero-order valence-corrected chi connectivity index (χ0v) is 19.4. The zero-order valence-electron chi connectivity index (χ0n) is 18.5. The number of nitrogens with one attached hydrogen (secondary N) is 3. The molecule has 0 saturated carbocycles. The van der Waals surface area contributed by atoms with Gasteiger partial charge in [-0.15, -0.1) is 0 Å². The molecule has 182 valence electrons. The first kappa shape index (κ1) is 27.9. The molecule has 1 rings (SSSR count). The van der Waals surface area contributed by atoms with Gasteiger partial charge in [-0.3, -0.25) is 19.2 Å². The third-order valence-electron chi connectivity index (χ3n) is 4.72. The SMILES string of the molecule is CC(C)C(NC(=O)C(N)Cc1ccccc1)C(=O)NC(CS)C(=O)NC(CC(N)=O)C(=O)O. The molecule has 33 heavy (non-hydrogen) atoms. The quantitative estimate of drug-likeness (QED) is 0.168. The summed E-state index contributed by atoms with van der Waals surface area (Å²) in [6.07, 6.45) is -0.338. The van der Waals surface area contributed by atoms with E-state index >= 15 is 0 Å². The molecular weight excluding hydrogens is 450 g/mol. The van der Waals surface area contributed by atoms with E-state index in [1.165, 1.54) is 0 Å². The number of nitrogens with two attached hydrogens (primary N) is 2. The lowest BCUT2D eigenvalue weighted by atomic mass is 10.0. The Balaban J connectivity index is 2.80. The van der Waals surface area contributed by atoms with E-state index < -0.39 is 60.2 Å². The van der Waals surface area contributed by atoms with Gasteiger partial charge in [0.2, 0.25) is 23.6 Å². The summed E-state index contributed by atoms with van der Waals surface area (Å²) in [7, 11) is 0. The van der Waals surface area contributed by atoms with E-state index in [1.807, 2.05) is 30.3 Å². The summed E-state index contributed by atoms with van der Waals surface area (Å²) in [6.45, 7) is 3.41. The predicted octanol–water partition coefficient (Wildman–Crippen LogP) is -1.44. The van der Waals surface area contributed by atoms with Crippen LogP contribution in [0, 0.1) is 5.92 Å². The standard InChI is InChI=1S/C21H31N5O6S/c1-11(2)17(26-18(28)13(22)8-12-6-4-3-5-7-12)20(30)25-15(10-33)19(29)24-14(21(31)32)9-16(23)27/h3-7,11,13-15,17,33H,8-10,22H2,1-2H3,(H2,23,27)(H,24,29)(H,25,30)(H,26,28)(H,31,32). The highest BCUT2D eigenvalue weighted by atomic mass is 32.1. The Hall–Kier alpha value is -3.12. The second-order valence-corrected chi connectivity index (χ2v) is 8.21. The number of benzene rings is 1. The topological polar surface area (TPSA) is 194 Å². The monoisotopic (exact) mass is 481 g/mol. The molecular formula is C21H31N5O6S. The zero-order chi connectivity index (χ0) is 25.1. The van der Waals surface area contributed by atoms with Crippen LogP contribution in [-0.4, -0.2) is 64.6 Å². The summed E-state index contributed by atoms with van der Waals surface area (Å²) in [5.41, 5.74) is 11.8. The van der Waals surface area contributed by atoms with E-state index in [0.29, 0.717) is 0 Å². The van der Waals surface area contributed by atoms with Crippen LogP contribution in [0.3, 0.4) is 0 Å².